The minimum absolute atomic E-state index is 0.0560. The third kappa shape index (κ3) is 5.77. The van der Waals surface area contributed by atoms with E-state index in [1.807, 2.05) is 19.9 Å². The van der Waals surface area contributed by atoms with Gasteiger partial charge in [-0.3, -0.25) is 0 Å². The number of carbonyl (C=O) groups excluding carboxylic acids is 1. The number of urea groups is 1. The fourth-order valence-electron chi connectivity index (χ4n) is 2.39. The number of carboxylic acids is 1. The molecule has 1 saturated carbocycles. The van der Waals surface area contributed by atoms with Gasteiger partial charge in [-0.1, -0.05) is 30.9 Å². The second kappa shape index (κ2) is 7.81. The van der Waals surface area contributed by atoms with Gasteiger partial charge in [-0.25, -0.2) is 9.59 Å². The van der Waals surface area contributed by atoms with Crippen LogP contribution in [0, 0.1) is 5.92 Å². The van der Waals surface area contributed by atoms with Gasteiger partial charge in [0.15, 0.2) is 0 Å². The van der Waals surface area contributed by atoms with Crippen LogP contribution in [-0.2, 0) is 4.79 Å². The van der Waals surface area contributed by atoms with Gasteiger partial charge in [-0.2, -0.15) is 0 Å². The molecule has 0 bridgehead atoms. The topological polar surface area (TPSA) is 78.4 Å². The zero-order valence-electron chi connectivity index (χ0n) is 11.7. The number of hydrogen-bond donors (Lipinski definition) is 3. The molecular formula is C14H24N2O3. The van der Waals surface area contributed by atoms with Crippen molar-refractivity contribution in [3.05, 3.63) is 11.6 Å². The van der Waals surface area contributed by atoms with Gasteiger partial charge in [-0.15, -0.1) is 0 Å². The summed E-state index contributed by atoms with van der Waals surface area (Å²) in [6.45, 7) is 4.31. The van der Waals surface area contributed by atoms with Crippen LogP contribution in [0.3, 0.4) is 0 Å². The summed E-state index contributed by atoms with van der Waals surface area (Å²) in [7, 11) is 0. The molecule has 0 heterocycles. The maximum absolute atomic E-state index is 11.7. The Morgan fingerprint density at radius 1 is 1.26 bits per heavy atom. The highest BCUT2D eigenvalue weighted by molar-refractivity contribution is 5.82. The molecular weight excluding hydrogens is 244 g/mol. The summed E-state index contributed by atoms with van der Waals surface area (Å²) < 4.78 is 0. The Morgan fingerprint density at radius 3 is 2.42 bits per heavy atom. The van der Waals surface area contributed by atoms with Crippen LogP contribution in [0.2, 0.25) is 0 Å². The molecule has 1 rings (SSSR count). The quantitative estimate of drug-likeness (QED) is 0.669. The van der Waals surface area contributed by atoms with Crippen LogP contribution in [0.5, 0.6) is 0 Å². The number of carboxylic acid groups (broad SMARTS) is 1. The van der Waals surface area contributed by atoms with Crippen LogP contribution in [0.1, 0.15) is 46.0 Å². The number of aliphatic carboxylic acids is 1. The smallest absolute Gasteiger partial charge is 0.326 e. The summed E-state index contributed by atoms with van der Waals surface area (Å²) in [6, 6.07) is -1.18. The van der Waals surface area contributed by atoms with Crippen molar-refractivity contribution in [1.29, 1.82) is 0 Å². The lowest BCUT2D eigenvalue weighted by molar-refractivity contribution is -0.141. The van der Waals surface area contributed by atoms with Crippen molar-refractivity contribution in [2.75, 3.05) is 6.54 Å². The van der Waals surface area contributed by atoms with Crippen LogP contribution >= 0.6 is 0 Å². The van der Waals surface area contributed by atoms with Crippen molar-refractivity contribution in [3.63, 3.8) is 0 Å². The molecule has 5 heteroatoms. The third-order valence-corrected chi connectivity index (χ3v) is 3.45. The number of rotatable bonds is 5. The lowest BCUT2D eigenvalue weighted by atomic mass is 9.84. The standard InChI is InChI=1S/C14H24N2O3/c1-10(2)8-9-15-14(19)16-12(13(17)18)11-6-4-3-5-7-11/h8,11-12H,3-7,9H2,1-2H3,(H,17,18)(H2,15,16,19). The maximum atomic E-state index is 11.7. The maximum Gasteiger partial charge on any atom is 0.326 e. The van der Waals surface area contributed by atoms with E-state index in [9.17, 15) is 14.7 Å². The lowest BCUT2D eigenvalue weighted by Crippen LogP contribution is -2.50. The number of carbonyl (C=O) groups is 2. The predicted molar refractivity (Wildman–Crippen MR) is 74.0 cm³/mol. The summed E-state index contributed by atoms with van der Waals surface area (Å²) in [4.78, 5) is 22.9. The highest BCUT2D eigenvalue weighted by Crippen LogP contribution is 2.26. The first-order chi connectivity index (χ1) is 9.00. The SMILES string of the molecule is CC(C)=CCNC(=O)NC(C(=O)O)C1CCCCC1. The van der Waals surface area contributed by atoms with Crippen LogP contribution in [0.15, 0.2) is 11.6 Å². The molecule has 19 heavy (non-hydrogen) atoms. The fourth-order valence-corrected chi connectivity index (χ4v) is 2.39. The first kappa shape index (κ1) is 15.5. The summed E-state index contributed by atoms with van der Waals surface area (Å²) >= 11 is 0. The molecule has 0 saturated heterocycles. The Labute approximate surface area is 114 Å². The molecule has 0 aromatic rings. The second-order valence-electron chi connectivity index (χ2n) is 5.35. The second-order valence-corrected chi connectivity index (χ2v) is 5.35. The molecule has 5 nitrogen and oxygen atoms in total. The van der Waals surface area contributed by atoms with Crippen molar-refractivity contribution < 1.29 is 14.7 Å². The molecule has 0 aromatic heterocycles. The number of allylic oxidation sites excluding steroid dienone is 1. The normalized spacial score (nSPS) is 17.4. The average Bonchev–Trinajstić information content (AvgIpc) is 2.36. The lowest BCUT2D eigenvalue weighted by Gasteiger charge is -2.27. The molecule has 3 N–H and O–H groups in total. The van der Waals surface area contributed by atoms with Gasteiger partial charge in [0.05, 0.1) is 0 Å². The van der Waals surface area contributed by atoms with Gasteiger partial charge in [0.2, 0.25) is 0 Å². The molecule has 1 aliphatic rings. The van der Waals surface area contributed by atoms with Crippen LogP contribution in [0.4, 0.5) is 4.79 Å². The summed E-state index contributed by atoms with van der Waals surface area (Å²) in [5.41, 5.74) is 1.11. The molecule has 1 atom stereocenters. The molecule has 0 aromatic carbocycles. The molecule has 1 aliphatic carbocycles. The third-order valence-electron chi connectivity index (χ3n) is 3.45. The van der Waals surface area contributed by atoms with Crippen LogP contribution in [-0.4, -0.2) is 29.7 Å². The monoisotopic (exact) mass is 268 g/mol. The van der Waals surface area contributed by atoms with Crippen molar-refractivity contribution in [1.82, 2.24) is 10.6 Å². The van der Waals surface area contributed by atoms with Gasteiger partial charge in [-0.05, 0) is 32.6 Å². The van der Waals surface area contributed by atoms with E-state index in [0.717, 1.165) is 37.7 Å². The molecule has 2 amide bonds. The van der Waals surface area contributed by atoms with Gasteiger partial charge in [0.1, 0.15) is 6.04 Å². The first-order valence-corrected chi connectivity index (χ1v) is 6.91. The minimum Gasteiger partial charge on any atom is -0.480 e. The highest BCUT2D eigenvalue weighted by Gasteiger charge is 2.30. The van der Waals surface area contributed by atoms with Crippen LogP contribution in [0.25, 0.3) is 0 Å². The van der Waals surface area contributed by atoms with E-state index >= 15 is 0 Å². The van der Waals surface area contributed by atoms with E-state index in [4.69, 9.17) is 0 Å². The summed E-state index contributed by atoms with van der Waals surface area (Å²) in [6.07, 6.45) is 6.91. The Hall–Kier alpha value is -1.52. The molecule has 1 fully saturated rings. The summed E-state index contributed by atoms with van der Waals surface area (Å²) in [5, 5.41) is 14.5. The Bertz CT molecular complexity index is 343. The van der Waals surface area contributed by atoms with Gasteiger partial charge in [0, 0.05) is 6.54 Å². The minimum atomic E-state index is -0.940. The van der Waals surface area contributed by atoms with E-state index in [0.29, 0.717) is 6.54 Å². The highest BCUT2D eigenvalue weighted by atomic mass is 16.4. The molecule has 108 valence electrons. The van der Waals surface area contributed by atoms with Crippen molar-refractivity contribution >= 4 is 12.0 Å². The number of amides is 2. The number of nitrogens with one attached hydrogen (secondary N) is 2. The molecule has 0 aliphatic heterocycles. The predicted octanol–water partition coefficient (Wildman–Crippen LogP) is 2.29. The Balaban J connectivity index is 2.46. The van der Waals surface area contributed by atoms with E-state index in [1.165, 1.54) is 0 Å². The van der Waals surface area contributed by atoms with E-state index in [1.54, 1.807) is 0 Å². The molecule has 0 radical (unpaired) electrons. The van der Waals surface area contributed by atoms with E-state index in [2.05, 4.69) is 10.6 Å². The Morgan fingerprint density at radius 2 is 1.89 bits per heavy atom. The zero-order chi connectivity index (χ0) is 14.3. The molecule has 1 unspecified atom stereocenters. The van der Waals surface area contributed by atoms with Gasteiger partial charge >= 0.3 is 12.0 Å². The van der Waals surface area contributed by atoms with E-state index in [-0.39, 0.29) is 5.92 Å². The summed E-state index contributed by atoms with van der Waals surface area (Å²) in [5.74, 6) is -0.885. The van der Waals surface area contributed by atoms with Crippen LogP contribution < -0.4 is 10.6 Å². The first-order valence-electron chi connectivity index (χ1n) is 6.91. The molecule has 0 spiro atoms. The van der Waals surface area contributed by atoms with Crippen molar-refractivity contribution in [2.24, 2.45) is 5.92 Å². The van der Waals surface area contributed by atoms with Gasteiger partial charge in [0.25, 0.3) is 0 Å². The zero-order valence-corrected chi connectivity index (χ0v) is 11.7. The Kier molecular flexibility index (Phi) is 6.39. The average molecular weight is 268 g/mol. The van der Waals surface area contributed by atoms with Crippen molar-refractivity contribution in [2.45, 2.75) is 52.0 Å². The fraction of sp³-hybridized carbons (Fsp3) is 0.714. The van der Waals surface area contributed by atoms with Crippen molar-refractivity contribution in [3.8, 4) is 0 Å². The number of hydrogen-bond acceptors (Lipinski definition) is 2. The van der Waals surface area contributed by atoms with E-state index < -0.39 is 18.0 Å². The van der Waals surface area contributed by atoms with Gasteiger partial charge < -0.3 is 15.7 Å². The largest absolute Gasteiger partial charge is 0.480 e.